The van der Waals surface area contributed by atoms with Gasteiger partial charge in [0.25, 0.3) is 0 Å². The number of rotatable bonds is 4. The highest BCUT2D eigenvalue weighted by atomic mass is 16.5. The lowest BCUT2D eigenvalue weighted by molar-refractivity contribution is 0.312. The van der Waals surface area contributed by atoms with Crippen LogP contribution in [0.1, 0.15) is 26.7 Å². The van der Waals surface area contributed by atoms with Gasteiger partial charge in [-0.3, -0.25) is 0 Å². The number of anilines is 2. The molecule has 2 rings (SSSR count). The molecule has 0 unspecified atom stereocenters. The van der Waals surface area contributed by atoms with Gasteiger partial charge >= 0.3 is 6.01 Å². The second kappa shape index (κ2) is 3.52. The van der Waals surface area contributed by atoms with Crippen LogP contribution in [0.5, 0.6) is 6.01 Å². The number of nitrogens with zero attached hydrogens (tertiary/aromatic N) is 3. The third-order valence-electron chi connectivity index (χ3n) is 2.32. The summed E-state index contributed by atoms with van der Waals surface area (Å²) >= 11 is 0. The van der Waals surface area contributed by atoms with Crippen molar-refractivity contribution in [1.29, 1.82) is 0 Å². The van der Waals surface area contributed by atoms with E-state index in [2.05, 4.69) is 27.2 Å². The van der Waals surface area contributed by atoms with Crippen molar-refractivity contribution in [2.75, 3.05) is 17.7 Å². The number of hydrogen-bond acceptors (Lipinski definition) is 6. The van der Waals surface area contributed by atoms with Gasteiger partial charge in [0.2, 0.25) is 11.9 Å². The molecule has 3 N–H and O–H groups in total. The third kappa shape index (κ3) is 2.45. The summed E-state index contributed by atoms with van der Waals surface area (Å²) in [5.41, 5.74) is 5.67. The van der Waals surface area contributed by atoms with Crippen LogP contribution in [0.4, 0.5) is 11.9 Å². The van der Waals surface area contributed by atoms with Crippen LogP contribution in [0.3, 0.4) is 0 Å². The van der Waals surface area contributed by atoms with E-state index in [4.69, 9.17) is 10.5 Å². The summed E-state index contributed by atoms with van der Waals surface area (Å²) in [6.07, 6.45) is 2.26. The lowest BCUT2D eigenvalue weighted by Gasteiger charge is -2.11. The number of ether oxygens (including phenoxy) is 1. The van der Waals surface area contributed by atoms with E-state index >= 15 is 0 Å². The zero-order valence-electron chi connectivity index (χ0n) is 8.95. The number of nitrogen functional groups attached to an aromatic ring is 1. The second-order valence-electron chi connectivity index (χ2n) is 3.92. The molecule has 0 bridgehead atoms. The highest BCUT2D eigenvalue weighted by molar-refractivity contribution is 5.37. The van der Waals surface area contributed by atoms with Crippen LogP contribution in [-0.4, -0.2) is 27.1 Å². The zero-order valence-corrected chi connectivity index (χ0v) is 8.95. The quantitative estimate of drug-likeness (QED) is 0.763. The van der Waals surface area contributed by atoms with Crippen LogP contribution >= 0.6 is 0 Å². The van der Waals surface area contributed by atoms with Gasteiger partial charge < -0.3 is 15.8 Å². The first-order chi connectivity index (χ1) is 7.11. The fourth-order valence-electron chi connectivity index (χ4n) is 1.20. The monoisotopic (exact) mass is 209 g/mol. The summed E-state index contributed by atoms with van der Waals surface area (Å²) in [7, 11) is 0. The molecule has 0 radical (unpaired) electrons. The Balaban J connectivity index is 2.15. The van der Waals surface area contributed by atoms with Crippen LogP contribution in [-0.2, 0) is 0 Å². The third-order valence-corrected chi connectivity index (χ3v) is 2.32. The average Bonchev–Trinajstić information content (AvgIpc) is 2.82. The van der Waals surface area contributed by atoms with E-state index in [0.717, 1.165) is 12.8 Å². The molecule has 82 valence electrons. The largest absolute Gasteiger partial charge is 0.464 e. The van der Waals surface area contributed by atoms with Crippen molar-refractivity contribution in [2.45, 2.75) is 32.2 Å². The van der Waals surface area contributed by atoms with Gasteiger partial charge in [-0.1, -0.05) is 0 Å². The highest BCUT2D eigenvalue weighted by Gasteiger charge is 2.38. The Morgan fingerprint density at radius 3 is 2.73 bits per heavy atom. The molecular formula is C9H15N5O. The molecule has 1 aromatic rings. The van der Waals surface area contributed by atoms with E-state index in [9.17, 15) is 0 Å². The topological polar surface area (TPSA) is 86.0 Å². The summed E-state index contributed by atoms with van der Waals surface area (Å²) in [5.74, 6) is 0.672. The van der Waals surface area contributed by atoms with Gasteiger partial charge in [0.05, 0.1) is 6.61 Å². The minimum atomic E-state index is 0.122. The molecule has 0 aromatic carbocycles. The van der Waals surface area contributed by atoms with Crippen molar-refractivity contribution in [3.63, 3.8) is 0 Å². The summed E-state index contributed by atoms with van der Waals surface area (Å²) < 4.78 is 5.18. The van der Waals surface area contributed by atoms with E-state index in [-0.39, 0.29) is 17.5 Å². The highest BCUT2D eigenvalue weighted by Crippen LogP contribution is 2.37. The number of aromatic nitrogens is 3. The molecule has 15 heavy (non-hydrogen) atoms. The Hall–Kier alpha value is -1.59. The van der Waals surface area contributed by atoms with Gasteiger partial charge in [0.1, 0.15) is 0 Å². The predicted molar refractivity (Wildman–Crippen MR) is 56.7 cm³/mol. The maximum atomic E-state index is 5.55. The molecule has 6 heteroatoms. The van der Waals surface area contributed by atoms with Gasteiger partial charge in [-0.2, -0.15) is 15.0 Å². The number of nitrogens with one attached hydrogen (secondary N) is 1. The molecule has 0 saturated heterocycles. The molecule has 6 nitrogen and oxygen atoms in total. The standard InChI is InChI=1S/C9H15N5O/c1-3-15-8-12-6(10)11-7(13-8)14-9(2)4-5-9/h3-5H2,1-2H3,(H3,10,11,12,13,14). The summed E-state index contributed by atoms with van der Waals surface area (Å²) in [5, 5.41) is 3.21. The van der Waals surface area contributed by atoms with Gasteiger partial charge in [-0.15, -0.1) is 0 Å². The Bertz CT molecular complexity index is 364. The van der Waals surface area contributed by atoms with Gasteiger partial charge in [-0.05, 0) is 26.7 Å². The van der Waals surface area contributed by atoms with Gasteiger partial charge in [0.15, 0.2) is 0 Å². The molecule has 1 aliphatic carbocycles. The Morgan fingerprint density at radius 1 is 1.40 bits per heavy atom. The summed E-state index contributed by atoms with van der Waals surface area (Å²) in [4.78, 5) is 12.0. The van der Waals surface area contributed by atoms with Gasteiger partial charge in [-0.25, -0.2) is 0 Å². The first kappa shape index (κ1) is 9.95. The van der Waals surface area contributed by atoms with Crippen LogP contribution in [0.25, 0.3) is 0 Å². The maximum Gasteiger partial charge on any atom is 0.323 e. The molecule has 0 aliphatic heterocycles. The van der Waals surface area contributed by atoms with Crippen LogP contribution in [0, 0.1) is 0 Å². The van der Waals surface area contributed by atoms with Gasteiger partial charge in [0, 0.05) is 5.54 Å². The van der Waals surface area contributed by atoms with E-state index in [1.165, 1.54) is 0 Å². The maximum absolute atomic E-state index is 5.55. The Kier molecular flexibility index (Phi) is 2.34. The fraction of sp³-hybridized carbons (Fsp3) is 0.667. The lowest BCUT2D eigenvalue weighted by Crippen LogP contribution is -2.19. The number of hydrogen-bond donors (Lipinski definition) is 2. The summed E-state index contributed by atoms with van der Waals surface area (Å²) in [6.45, 7) is 4.50. The Labute approximate surface area is 88.3 Å². The molecule has 1 saturated carbocycles. The summed E-state index contributed by atoms with van der Waals surface area (Å²) in [6, 6.07) is 0.275. The van der Waals surface area contributed by atoms with Crippen molar-refractivity contribution in [2.24, 2.45) is 0 Å². The average molecular weight is 209 g/mol. The van der Waals surface area contributed by atoms with Crippen molar-refractivity contribution in [3.05, 3.63) is 0 Å². The fourth-order valence-corrected chi connectivity index (χ4v) is 1.20. The van der Waals surface area contributed by atoms with Crippen molar-refractivity contribution in [1.82, 2.24) is 15.0 Å². The normalized spacial score (nSPS) is 17.2. The van der Waals surface area contributed by atoms with E-state index in [1.807, 2.05) is 6.92 Å². The molecular weight excluding hydrogens is 194 g/mol. The molecule has 0 amide bonds. The van der Waals surface area contributed by atoms with Crippen molar-refractivity contribution < 1.29 is 4.74 Å². The van der Waals surface area contributed by atoms with Crippen molar-refractivity contribution >= 4 is 11.9 Å². The zero-order chi connectivity index (χ0) is 10.9. The smallest absolute Gasteiger partial charge is 0.323 e. The SMILES string of the molecule is CCOc1nc(N)nc(NC2(C)CC2)n1. The number of nitrogens with two attached hydrogens (primary N) is 1. The van der Waals surface area contributed by atoms with E-state index < -0.39 is 0 Å². The molecule has 1 aliphatic rings. The Morgan fingerprint density at radius 2 is 2.13 bits per heavy atom. The van der Waals surface area contributed by atoms with Crippen molar-refractivity contribution in [3.8, 4) is 6.01 Å². The lowest BCUT2D eigenvalue weighted by atomic mass is 10.3. The minimum Gasteiger partial charge on any atom is -0.464 e. The molecule has 0 atom stereocenters. The minimum absolute atomic E-state index is 0.122. The molecule has 1 fully saturated rings. The first-order valence-corrected chi connectivity index (χ1v) is 5.04. The molecule has 1 aromatic heterocycles. The van der Waals surface area contributed by atoms with Crippen LogP contribution in [0.15, 0.2) is 0 Å². The van der Waals surface area contributed by atoms with Crippen LogP contribution in [0.2, 0.25) is 0 Å². The predicted octanol–water partition coefficient (Wildman–Crippen LogP) is 0.817. The first-order valence-electron chi connectivity index (χ1n) is 5.04. The van der Waals surface area contributed by atoms with E-state index in [0.29, 0.717) is 12.6 Å². The van der Waals surface area contributed by atoms with E-state index in [1.54, 1.807) is 0 Å². The molecule has 0 spiro atoms. The second-order valence-corrected chi connectivity index (χ2v) is 3.92. The molecule has 1 heterocycles. The van der Waals surface area contributed by atoms with Crippen LogP contribution < -0.4 is 15.8 Å².